The zero-order valence-corrected chi connectivity index (χ0v) is 18.4. The van der Waals surface area contributed by atoms with Crippen LogP contribution >= 0.6 is 23.2 Å². The van der Waals surface area contributed by atoms with Gasteiger partial charge >= 0.3 is 0 Å². The molecule has 0 aliphatic heterocycles. The summed E-state index contributed by atoms with van der Waals surface area (Å²) in [6.45, 7) is -0.186. The van der Waals surface area contributed by atoms with E-state index in [1.54, 1.807) is 0 Å². The lowest BCUT2D eigenvalue weighted by Crippen LogP contribution is -2.75. The summed E-state index contributed by atoms with van der Waals surface area (Å²) in [6.07, 6.45) is 4.83. The molecular formula is C24H22Cl2FNO3. The quantitative estimate of drug-likeness (QED) is 0.584. The Labute approximate surface area is 190 Å². The average Bonchev–Trinajstić information content (AvgIpc) is 3.49. The highest BCUT2D eigenvalue weighted by Gasteiger charge is 2.69. The van der Waals surface area contributed by atoms with Crippen molar-refractivity contribution in [3.63, 3.8) is 0 Å². The number of ether oxygens (including phenoxy) is 1. The van der Waals surface area contributed by atoms with Crippen LogP contribution in [0.15, 0.2) is 42.5 Å². The molecule has 162 valence electrons. The second-order valence-corrected chi connectivity index (χ2v) is 10.3. The normalized spacial score (nSPS) is 26.9. The largest absolute Gasteiger partial charge is 0.484 e. The zero-order chi connectivity index (χ0) is 21.9. The van der Waals surface area contributed by atoms with Gasteiger partial charge in [-0.2, -0.15) is 0 Å². The summed E-state index contributed by atoms with van der Waals surface area (Å²) in [5.74, 6) is -0.261. The van der Waals surface area contributed by atoms with Gasteiger partial charge in [0.15, 0.2) is 6.61 Å². The van der Waals surface area contributed by atoms with Crippen molar-refractivity contribution in [2.24, 2.45) is 5.41 Å². The highest BCUT2D eigenvalue weighted by molar-refractivity contribution is 6.31. The molecule has 0 unspecified atom stereocenters. The van der Waals surface area contributed by atoms with Crippen LogP contribution in [0, 0.1) is 11.2 Å². The van der Waals surface area contributed by atoms with E-state index in [0.717, 1.165) is 43.7 Å². The number of benzene rings is 2. The molecule has 6 rings (SSSR count). The fraction of sp³-hybridized carbons (Fsp3) is 0.417. The molecule has 4 fully saturated rings. The number of carbonyl (C=O) groups is 2. The van der Waals surface area contributed by atoms with Gasteiger partial charge in [0, 0.05) is 23.0 Å². The Morgan fingerprint density at radius 3 is 2.32 bits per heavy atom. The molecule has 31 heavy (non-hydrogen) atoms. The molecule has 4 saturated carbocycles. The standard InChI is InChI=1S/C24H22Cl2FNO3/c25-16-3-1-15(2-4-16)24(7-8-24)20(29)10-22-12-23(13-22,14-22)28-21(30)11-31-17-5-6-18(26)19(27)9-17/h1-6,9H,7-8,10-14H2,(H,28,30). The smallest absolute Gasteiger partial charge is 0.258 e. The van der Waals surface area contributed by atoms with Crippen LogP contribution in [0.2, 0.25) is 10.0 Å². The number of amides is 1. The third kappa shape index (κ3) is 3.72. The topological polar surface area (TPSA) is 55.4 Å². The molecule has 0 atom stereocenters. The fourth-order valence-electron chi connectivity index (χ4n) is 5.50. The maximum absolute atomic E-state index is 13.5. The van der Waals surface area contributed by atoms with Crippen molar-refractivity contribution >= 4 is 34.9 Å². The number of Topliss-reactive ketones (excluding diaryl/α,β-unsaturated/α-hetero) is 1. The minimum absolute atomic E-state index is 0.00885. The van der Waals surface area contributed by atoms with Gasteiger partial charge in [0.1, 0.15) is 17.3 Å². The Hall–Kier alpha value is -2.11. The molecule has 4 aliphatic carbocycles. The lowest BCUT2D eigenvalue weighted by Gasteiger charge is -2.70. The monoisotopic (exact) mass is 461 g/mol. The van der Waals surface area contributed by atoms with E-state index < -0.39 is 5.82 Å². The first-order chi connectivity index (χ1) is 14.7. The Kier molecular flexibility index (Phi) is 4.83. The number of halogens is 3. The van der Waals surface area contributed by atoms with Crippen LogP contribution in [0.5, 0.6) is 5.75 Å². The second-order valence-electron chi connectivity index (χ2n) is 9.41. The molecule has 2 bridgehead atoms. The van der Waals surface area contributed by atoms with Crippen LogP contribution < -0.4 is 10.1 Å². The average molecular weight is 462 g/mol. The third-order valence-electron chi connectivity index (χ3n) is 7.02. The molecule has 7 heteroatoms. The first kappa shape index (κ1) is 20.8. The fourth-order valence-corrected chi connectivity index (χ4v) is 5.74. The van der Waals surface area contributed by atoms with Crippen molar-refractivity contribution in [1.29, 1.82) is 0 Å². The van der Waals surface area contributed by atoms with Gasteiger partial charge in [0.05, 0.1) is 10.4 Å². The maximum atomic E-state index is 13.5. The van der Waals surface area contributed by atoms with Crippen LogP contribution in [-0.2, 0) is 15.0 Å². The molecule has 0 aromatic heterocycles. The second kappa shape index (κ2) is 7.21. The number of hydrogen-bond donors (Lipinski definition) is 1. The Balaban J connectivity index is 1.11. The van der Waals surface area contributed by atoms with Crippen LogP contribution in [0.1, 0.15) is 44.1 Å². The van der Waals surface area contributed by atoms with E-state index in [-0.39, 0.29) is 39.7 Å². The van der Waals surface area contributed by atoms with Gasteiger partial charge in [-0.25, -0.2) is 4.39 Å². The van der Waals surface area contributed by atoms with Crippen LogP contribution in [0.3, 0.4) is 0 Å². The minimum Gasteiger partial charge on any atom is -0.484 e. The first-order valence-electron chi connectivity index (χ1n) is 10.4. The van der Waals surface area contributed by atoms with Crippen LogP contribution in [-0.4, -0.2) is 23.8 Å². The summed E-state index contributed by atoms with van der Waals surface area (Å²) in [7, 11) is 0. The number of rotatable bonds is 8. The van der Waals surface area contributed by atoms with E-state index in [9.17, 15) is 14.0 Å². The molecule has 0 saturated heterocycles. The summed E-state index contributed by atoms with van der Waals surface area (Å²) >= 11 is 11.6. The molecule has 0 heterocycles. The Morgan fingerprint density at radius 2 is 1.71 bits per heavy atom. The summed E-state index contributed by atoms with van der Waals surface area (Å²) in [4.78, 5) is 25.4. The SMILES string of the molecule is O=C(COc1ccc(Cl)c(F)c1)NC12CC(CC(=O)C3(c4ccc(Cl)cc4)CC3)(C1)C2. The summed E-state index contributed by atoms with van der Waals surface area (Å²) in [6, 6.07) is 11.7. The summed E-state index contributed by atoms with van der Waals surface area (Å²) in [5.41, 5.74) is 0.528. The molecule has 2 aromatic carbocycles. The molecule has 1 amide bonds. The molecule has 4 nitrogen and oxygen atoms in total. The maximum Gasteiger partial charge on any atom is 0.258 e. The lowest BCUT2D eigenvalue weighted by molar-refractivity contribution is -0.173. The Morgan fingerprint density at radius 1 is 1.03 bits per heavy atom. The van der Waals surface area contributed by atoms with E-state index in [2.05, 4.69) is 5.32 Å². The highest BCUT2D eigenvalue weighted by Crippen LogP contribution is 2.70. The van der Waals surface area contributed by atoms with E-state index in [0.29, 0.717) is 17.2 Å². The number of nitrogens with one attached hydrogen (secondary N) is 1. The van der Waals surface area contributed by atoms with Gasteiger partial charge in [0.25, 0.3) is 5.91 Å². The molecule has 0 spiro atoms. The van der Waals surface area contributed by atoms with Crippen LogP contribution in [0.25, 0.3) is 0 Å². The van der Waals surface area contributed by atoms with Gasteiger partial charge in [-0.15, -0.1) is 0 Å². The van der Waals surface area contributed by atoms with Gasteiger partial charge in [0.2, 0.25) is 0 Å². The van der Waals surface area contributed by atoms with Crippen molar-refractivity contribution in [1.82, 2.24) is 5.32 Å². The number of hydrogen-bond acceptors (Lipinski definition) is 3. The molecule has 4 aliphatic rings. The summed E-state index contributed by atoms with van der Waals surface area (Å²) in [5, 5.41) is 3.72. The van der Waals surface area contributed by atoms with Crippen molar-refractivity contribution in [3.8, 4) is 5.75 Å². The summed E-state index contributed by atoms with van der Waals surface area (Å²) < 4.78 is 18.8. The van der Waals surface area contributed by atoms with Gasteiger partial charge in [-0.1, -0.05) is 35.3 Å². The first-order valence-corrected chi connectivity index (χ1v) is 11.2. The van der Waals surface area contributed by atoms with Crippen molar-refractivity contribution < 1.29 is 18.7 Å². The van der Waals surface area contributed by atoms with E-state index >= 15 is 0 Å². The lowest BCUT2D eigenvalue weighted by atomic mass is 9.38. The van der Waals surface area contributed by atoms with E-state index in [1.165, 1.54) is 12.1 Å². The molecule has 0 radical (unpaired) electrons. The Bertz CT molecular complexity index is 1050. The van der Waals surface area contributed by atoms with Gasteiger partial charge in [-0.05, 0) is 67.3 Å². The molecule has 2 aromatic rings. The van der Waals surface area contributed by atoms with Crippen molar-refractivity contribution in [3.05, 3.63) is 63.9 Å². The van der Waals surface area contributed by atoms with Crippen molar-refractivity contribution in [2.75, 3.05) is 6.61 Å². The van der Waals surface area contributed by atoms with Gasteiger partial charge in [-0.3, -0.25) is 9.59 Å². The minimum atomic E-state index is -0.586. The zero-order valence-electron chi connectivity index (χ0n) is 16.8. The number of carbonyl (C=O) groups excluding carboxylic acids is 2. The van der Waals surface area contributed by atoms with Gasteiger partial charge < -0.3 is 10.1 Å². The van der Waals surface area contributed by atoms with Crippen molar-refractivity contribution in [2.45, 2.75) is 49.5 Å². The molecular weight excluding hydrogens is 440 g/mol. The molecule has 1 N–H and O–H groups in total. The number of ketones is 1. The van der Waals surface area contributed by atoms with E-state index in [4.69, 9.17) is 27.9 Å². The predicted molar refractivity (Wildman–Crippen MR) is 116 cm³/mol. The van der Waals surface area contributed by atoms with E-state index in [1.807, 2.05) is 24.3 Å². The highest BCUT2D eigenvalue weighted by atomic mass is 35.5. The predicted octanol–water partition coefficient (Wildman–Crippen LogP) is 5.24. The third-order valence-corrected chi connectivity index (χ3v) is 7.58. The van der Waals surface area contributed by atoms with Crippen LogP contribution in [0.4, 0.5) is 4.39 Å².